The van der Waals surface area contributed by atoms with Gasteiger partial charge in [0.15, 0.2) is 29.0 Å². The summed E-state index contributed by atoms with van der Waals surface area (Å²) < 4.78 is 59.9. The summed E-state index contributed by atoms with van der Waals surface area (Å²) in [5, 5.41) is 7.17. The summed E-state index contributed by atoms with van der Waals surface area (Å²) in [6.45, 7) is 1.78. The van der Waals surface area contributed by atoms with Crippen molar-refractivity contribution < 1.29 is 17.6 Å². The molecule has 5 rings (SSSR count). The third-order valence-corrected chi connectivity index (χ3v) is 5.20. The number of fused-ring (bicyclic) bond motifs is 3. The Morgan fingerprint density at radius 2 is 1.24 bits per heavy atom. The molecule has 0 unspecified atom stereocenters. The van der Waals surface area contributed by atoms with Gasteiger partial charge < -0.3 is 0 Å². The Hall–Kier alpha value is -4.34. The smallest absolute Gasteiger partial charge is 0.281 e. The molecular formula is C23H12F4N4O2. The van der Waals surface area contributed by atoms with E-state index in [0.29, 0.717) is 4.68 Å². The number of halogens is 4. The Morgan fingerprint density at radius 1 is 0.667 bits per heavy atom. The third kappa shape index (κ3) is 3.02. The van der Waals surface area contributed by atoms with Crippen LogP contribution in [0.5, 0.6) is 0 Å². The van der Waals surface area contributed by atoms with Crippen molar-refractivity contribution in [2.75, 3.05) is 0 Å². The maximum absolute atomic E-state index is 15.0. The van der Waals surface area contributed by atoms with E-state index >= 15 is 4.39 Å². The standard InChI is InChI=1S/C23H12F4N4O2/c1-11-7-9-13(10-8-11)30-21-14(15(24)16(25)17(26)18(21)27)19-20(29-30)22(32)23(33)31(28-19)12-5-3-2-4-6-12/h2-10H,1H3. The van der Waals surface area contributed by atoms with Crippen molar-refractivity contribution in [3.63, 3.8) is 0 Å². The van der Waals surface area contributed by atoms with Gasteiger partial charge in [-0.15, -0.1) is 0 Å². The van der Waals surface area contributed by atoms with Crippen LogP contribution in [0.1, 0.15) is 5.56 Å². The molecule has 0 bridgehead atoms. The fourth-order valence-corrected chi connectivity index (χ4v) is 3.56. The first-order valence-electron chi connectivity index (χ1n) is 9.64. The zero-order valence-electron chi connectivity index (χ0n) is 16.8. The molecule has 0 radical (unpaired) electrons. The molecule has 0 fully saturated rings. The first-order valence-corrected chi connectivity index (χ1v) is 9.64. The molecule has 3 aromatic rings. The number of nitrogens with zero attached hydrogens (tertiary/aromatic N) is 4. The van der Waals surface area contributed by atoms with Crippen LogP contribution in [-0.4, -0.2) is 19.6 Å². The van der Waals surface area contributed by atoms with Gasteiger partial charge in [0, 0.05) is 0 Å². The highest BCUT2D eigenvalue weighted by Crippen LogP contribution is 2.33. The molecule has 0 spiro atoms. The third-order valence-electron chi connectivity index (χ3n) is 5.20. The van der Waals surface area contributed by atoms with Crippen molar-refractivity contribution in [2.45, 2.75) is 6.92 Å². The fourth-order valence-electron chi connectivity index (χ4n) is 3.56. The monoisotopic (exact) mass is 452 g/mol. The van der Waals surface area contributed by atoms with Gasteiger partial charge in [-0.05, 0) is 31.2 Å². The molecule has 2 aliphatic heterocycles. The molecule has 164 valence electrons. The predicted molar refractivity (Wildman–Crippen MR) is 112 cm³/mol. The van der Waals surface area contributed by atoms with Gasteiger partial charge in [0.1, 0.15) is 11.2 Å². The molecule has 10 heteroatoms. The maximum atomic E-state index is 15.0. The van der Waals surface area contributed by atoms with Crippen LogP contribution >= 0.6 is 0 Å². The second kappa shape index (κ2) is 7.37. The van der Waals surface area contributed by atoms with E-state index < -0.39 is 56.5 Å². The van der Waals surface area contributed by atoms with E-state index in [1.807, 2.05) is 0 Å². The Labute approximate surface area is 182 Å². The summed E-state index contributed by atoms with van der Waals surface area (Å²) in [6.07, 6.45) is 0. The van der Waals surface area contributed by atoms with Crippen LogP contribution in [0, 0.1) is 30.2 Å². The van der Waals surface area contributed by atoms with Gasteiger partial charge in [-0.1, -0.05) is 35.9 Å². The van der Waals surface area contributed by atoms with Crippen molar-refractivity contribution in [1.82, 2.24) is 19.6 Å². The van der Waals surface area contributed by atoms with E-state index in [-0.39, 0.29) is 11.4 Å². The van der Waals surface area contributed by atoms with E-state index in [1.54, 1.807) is 37.3 Å². The summed E-state index contributed by atoms with van der Waals surface area (Å²) in [6, 6.07) is 13.9. The van der Waals surface area contributed by atoms with Crippen molar-refractivity contribution in [3.8, 4) is 22.8 Å². The lowest BCUT2D eigenvalue weighted by Crippen LogP contribution is -2.38. The van der Waals surface area contributed by atoms with Crippen LogP contribution in [0.15, 0.2) is 64.2 Å². The fraction of sp³-hybridized carbons (Fsp3) is 0.0435. The molecule has 6 nitrogen and oxygen atoms in total. The van der Waals surface area contributed by atoms with E-state index in [1.165, 1.54) is 24.3 Å². The van der Waals surface area contributed by atoms with Crippen molar-refractivity contribution in [1.29, 1.82) is 0 Å². The average molecular weight is 452 g/mol. The van der Waals surface area contributed by atoms with Crippen LogP contribution < -0.4 is 11.0 Å². The molecule has 0 N–H and O–H groups in total. The molecule has 0 saturated heterocycles. The van der Waals surface area contributed by atoms with Gasteiger partial charge in [-0.2, -0.15) is 14.9 Å². The first kappa shape index (κ1) is 20.6. The number of para-hydroxylation sites is 1. The minimum Gasteiger partial charge on any atom is -0.281 e. The Balaban J connectivity index is 2.03. The molecule has 2 heterocycles. The Kier molecular flexibility index (Phi) is 4.59. The van der Waals surface area contributed by atoms with Crippen molar-refractivity contribution in [2.24, 2.45) is 0 Å². The Bertz CT molecular complexity index is 1650. The quantitative estimate of drug-likeness (QED) is 0.134. The normalized spacial score (nSPS) is 11.4. The van der Waals surface area contributed by atoms with Gasteiger partial charge in [-0.25, -0.2) is 22.2 Å². The van der Waals surface area contributed by atoms with E-state index in [0.717, 1.165) is 10.2 Å². The van der Waals surface area contributed by atoms with E-state index in [4.69, 9.17) is 0 Å². The molecule has 0 amide bonds. The summed E-state index contributed by atoms with van der Waals surface area (Å²) in [5.74, 6) is -7.59. The number of aryl methyl sites for hydroxylation is 1. The molecule has 33 heavy (non-hydrogen) atoms. The number of hydrogen-bond acceptors (Lipinski definition) is 4. The lowest BCUT2D eigenvalue weighted by molar-refractivity contribution is 0.415. The summed E-state index contributed by atoms with van der Waals surface area (Å²) in [5.41, 5.74) is -3.13. The lowest BCUT2D eigenvalue weighted by atomic mass is 10.1. The second-order valence-electron chi connectivity index (χ2n) is 7.31. The number of rotatable bonds is 2. The largest absolute Gasteiger partial charge is 0.321 e. The lowest BCUT2D eigenvalue weighted by Gasteiger charge is -2.17. The minimum absolute atomic E-state index is 0.128. The maximum Gasteiger partial charge on any atom is 0.321 e. The zero-order chi connectivity index (χ0) is 23.4. The highest BCUT2D eigenvalue weighted by Gasteiger charge is 2.31. The van der Waals surface area contributed by atoms with E-state index in [9.17, 15) is 22.8 Å². The topological polar surface area (TPSA) is 69.8 Å². The van der Waals surface area contributed by atoms with Gasteiger partial charge >= 0.3 is 5.56 Å². The van der Waals surface area contributed by atoms with Gasteiger partial charge in [0.2, 0.25) is 0 Å². The first-order chi connectivity index (χ1) is 15.8. The summed E-state index contributed by atoms with van der Waals surface area (Å²) in [7, 11) is 0. The van der Waals surface area contributed by atoms with Crippen molar-refractivity contribution in [3.05, 3.63) is 104 Å². The Morgan fingerprint density at radius 3 is 1.91 bits per heavy atom. The molecule has 0 saturated carbocycles. The van der Waals surface area contributed by atoms with Crippen LogP contribution in [-0.2, 0) is 0 Å². The van der Waals surface area contributed by atoms with E-state index in [2.05, 4.69) is 10.2 Å². The molecular weight excluding hydrogens is 440 g/mol. The van der Waals surface area contributed by atoms with Gasteiger partial charge in [0.05, 0.1) is 16.8 Å². The average Bonchev–Trinajstić information content (AvgIpc) is 2.83. The number of hydrogen-bond donors (Lipinski definition) is 0. The summed E-state index contributed by atoms with van der Waals surface area (Å²) >= 11 is 0. The van der Waals surface area contributed by atoms with Crippen LogP contribution in [0.2, 0.25) is 0 Å². The van der Waals surface area contributed by atoms with Crippen molar-refractivity contribution >= 4 is 10.9 Å². The van der Waals surface area contributed by atoms with Crippen LogP contribution in [0.3, 0.4) is 0 Å². The highest BCUT2D eigenvalue weighted by molar-refractivity contribution is 5.94. The van der Waals surface area contributed by atoms with Gasteiger partial charge in [-0.3, -0.25) is 9.59 Å². The van der Waals surface area contributed by atoms with Crippen LogP contribution in [0.4, 0.5) is 17.6 Å². The molecule has 3 aromatic carbocycles. The SMILES string of the molecule is Cc1ccc(-n2nc3c(=O)c(=O)n(-c4ccccc4)nc-3c3c(F)c(F)c(F)c(F)c32)cc1. The predicted octanol–water partition coefficient (Wildman–Crippen LogP) is 3.90. The van der Waals surface area contributed by atoms with Crippen LogP contribution in [0.25, 0.3) is 33.7 Å². The molecule has 0 atom stereocenters. The second-order valence-corrected chi connectivity index (χ2v) is 7.31. The summed E-state index contributed by atoms with van der Waals surface area (Å²) in [4.78, 5) is 25.6. The zero-order valence-corrected chi connectivity index (χ0v) is 16.8. The molecule has 2 aliphatic rings. The molecule has 0 aliphatic carbocycles. The van der Waals surface area contributed by atoms with Gasteiger partial charge in [0.25, 0.3) is 5.43 Å². The number of benzene rings is 3. The molecule has 0 aromatic heterocycles. The minimum atomic E-state index is -2.07. The highest BCUT2D eigenvalue weighted by atomic mass is 19.2. The number of aromatic nitrogens is 4.